The molecule has 0 radical (unpaired) electrons. The van der Waals surface area contributed by atoms with Crippen molar-refractivity contribution in [2.24, 2.45) is 0 Å². The van der Waals surface area contributed by atoms with E-state index in [1.165, 1.54) is 0 Å². The van der Waals surface area contributed by atoms with E-state index in [-0.39, 0.29) is 13.2 Å². The minimum absolute atomic E-state index is 0.230. The Morgan fingerprint density at radius 3 is 2.34 bits per heavy atom. The Hall–Kier alpha value is -3.68. The van der Waals surface area contributed by atoms with Gasteiger partial charge in [-0.05, 0) is 48.5 Å². The fourth-order valence-corrected chi connectivity index (χ4v) is 2.76. The number of ether oxygens (including phenoxy) is 2. The van der Waals surface area contributed by atoms with Gasteiger partial charge >= 0.3 is 6.09 Å². The molecule has 0 unspecified atom stereocenters. The molecule has 29 heavy (non-hydrogen) atoms. The molecule has 3 rings (SSSR count). The van der Waals surface area contributed by atoms with Crippen LogP contribution in [0.15, 0.2) is 54.6 Å². The van der Waals surface area contributed by atoms with Crippen LogP contribution in [0, 0.1) is 0 Å². The number of amides is 1. The lowest BCUT2D eigenvalue weighted by Crippen LogP contribution is -2.26. The summed E-state index contributed by atoms with van der Waals surface area (Å²) in [5.41, 5.74) is 2.85. The summed E-state index contributed by atoms with van der Waals surface area (Å²) in [4.78, 5) is 12.4. The third kappa shape index (κ3) is 4.98. The van der Waals surface area contributed by atoms with E-state index in [1.54, 1.807) is 7.11 Å². The molecule has 1 amide bonds. The molecule has 0 aliphatic heterocycles. The molecular weight excluding hydrogens is 372 g/mol. The van der Waals surface area contributed by atoms with Crippen LogP contribution >= 0.6 is 0 Å². The maximum atomic E-state index is 10.5. The molecule has 0 aliphatic carbocycles. The van der Waals surface area contributed by atoms with E-state index in [1.807, 2.05) is 78.3 Å². The molecule has 0 fully saturated rings. The molecule has 3 aromatic rings. The van der Waals surface area contributed by atoms with Crippen LogP contribution in [-0.2, 0) is 0 Å². The van der Waals surface area contributed by atoms with E-state index < -0.39 is 6.09 Å². The zero-order valence-corrected chi connectivity index (χ0v) is 16.6. The highest BCUT2D eigenvalue weighted by molar-refractivity contribution is 5.67. The Kier molecular flexibility index (Phi) is 6.23. The monoisotopic (exact) mass is 396 g/mol. The highest BCUT2D eigenvalue weighted by Gasteiger charge is 2.13. The number of benzene rings is 2. The fourth-order valence-electron chi connectivity index (χ4n) is 2.76. The highest BCUT2D eigenvalue weighted by atomic mass is 16.5. The van der Waals surface area contributed by atoms with E-state index in [4.69, 9.17) is 19.7 Å². The van der Waals surface area contributed by atoms with Gasteiger partial charge in [0.1, 0.15) is 18.1 Å². The lowest BCUT2D eigenvalue weighted by atomic mass is 10.1. The zero-order chi connectivity index (χ0) is 20.8. The maximum Gasteiger partial charge on any atom is 0.404 e. The van der Waals surface area contributed by atoms with Crippen molar-refractivity contribution < 1.29 is 19.4 Å². The van der Waals surface area contributed by atoms with Gasteiger partial charge in [0.25, 0.3) is 0 Å². The van der Waals surface area contributed by atoms with Crippen molar-refractivity contribution in [2.75, 3.05) is 39.3 Å². The summed E-state index contributed by atoms with van der Waals surface area (Å²) in [7, 11) is 5.54. The average Bonchev–Trinajstić information content (AvgIpc) is 3.17. The molecule has 2 aromatic carbocycles. The first-order valence-corrected chi connectivity index (χ1v) is 9.10. The number of rotatable bonds is 8. The van der Waals surface area contributed by atoms with Crippen LogP contribution in [0.25, 0.3) is 16.9 Å². The first-order chi connectivity index (χ1) is 14.0. The fraction of sp³-hybridized carbons (Fsp3) is 0.238. The molecule has 1 aromatic heterocycles. The van der Waals surface area contributed by atoms with Gasteiger partial charge in [0.05, 0.1) is 25.0 Å². The van der Waals surface area contributed by atoms with E-state index in [0.29, 0.717) is 5.75 Å². The molecule has 0 saturated heterocycles. The van der Waals surface area contributed by atoms with Gasteiger partial charge in [-0.25, -0.2) is 9.48 Å². The summed E-state index contributed by atoms with van der Waals surface area (Å²) in [6.07, 6.45) is -1.06. The summed E-state index contributed by atoms with van der Waals surface area (Å²) < 4.78 is 12.7. The molecule has 8 nitrogen and oxygen atoms in total. The molecule has 2 N–H and O–H groups in total. The number of aromatic nitrogens is 2. The van der Waals surface area contributed by atoms with Crippen LogP contribution < -0.4 is 19.7 Å². The smallest absolute Gasteiger partial charge is 0.404 e. The van der Waals surface area contributed by atoms with Crippen LogP contribution in [0.5, 0.6) is 11.5 Å². The highest BCUT2D eigenvalue weighted by Crippen LogP contribution is 2.29. The number of carboxylic acid groups (broad SMARTS) is 1. The van der Waals surface area contributed by atoms with E-state index in [9.17, 15) is 4.79 Å². The lowest BCUT2D eigenvalue weighted by Gasteiger charge is -2.10. The molecule has 152 valence electrons. The van der Waals surface area contributed by atoms with Crippen LogP contribution in [0.3, 0.4) is 0 Å². The lowest BCUT2D eigenvalue weighted by molar-refractivity contribution is 0.191. The van der Waals surface area contributed by atoms with E-state index in [2.05, 4.69) is 5.32 Å². The predicted molar refractivity (Wildman–Crippen MR) is 111 cm³/mol. The Labute approximate surface area is 169 Å². The Balaban J connectivity index is 1.84. The molecule has 0 spiro atoms. The molecular formula is C21H24N4O4. The van der Waals surface area contributed by atoms with Gasteiger partial charge in [-0.2, -0.15) is 0 Å². The Bertz CT molecular complexity index is 950. The summed E-state index contributed by atoms with van der Waals surface area (Å²) in [6.45, 7) is 0.494. The summed E-state index contributed by atoms with van der Waals surface area (Å²) in [5, 5.41) is 15.6. The standard InChI is InChI=1S/C21H24N4O4/c1-24(2)20-14-19(25(23-20)16-6-10-17(28-3)11-7-16)15-4-8-18(9-5-15)29-13-12-22-21(26)27/h4-11,14,22H,12-13H2,1-3H3,(H,26,27). The minimum Gasteiger partial charge on any atom is -0.497 e. The van der Waals surface area contributed by atoms with Gasteiger partial charge < -0.3 is 24.8 Å². The Morgan fingerprint density at radius 1 is 1.10 bits per heavy atom. The van der Waals surface area contributed by atoms with Crippen molar-refractivity contribution >= 4 is 11.9 Å². The number of nitrogens with one attached hydrogen (secondary N) is 1. The van der Waals surface area contributed by atoms with Gasteiger partial charge in [-0.1, -0.05) is 0 Å². The van der Waals surface area contributed by atoms with Crippen LogP contribution in [0.2, 0.25) is 0 Å². The molecule has 8 heteroatoms. The quantitative estimate of drug-likeness (QED) is 0.568. The largest absolute Gasteiger partial charge is 0.497 e. The maximum absolute atomic E-state index is 10.5. The van der Waals surface area contributed by atoms with Crippen molar-refractivity contribution in [1.29, 1.82) is 0 Å². The SMILES string of the molecule is COc1ccc(-n2nc(N(C)C)cc2-c2ccc(OCCNC(=O)O)cc2)cc1. The number of anilines is 1. The van der Waals surface area contributed by atoms with E-state index in [0.717, 1.165) is 28.5 Å². The van der Waals surface area contributed by atoms with Crippen molar-refractivity contribution in [2.45, 2.75) is 0 Å². The number of hydrogen-bond acceptors (Lipinski definition) is 5. The summed E-state index contributed by atoms with van der Waals surface area (Å²) >= 11 is 0. The second kappa shape index (κ2) is 9.01. The second-order valence-corrected chi connectivity index (χ2v) is 6.50. The third-order valence-corrected chi connectivity index (χ3v) is 4.27. The van der Waals surface area contributed by atoms with Gasteiger partial charge in [-0.15, -0.1) is 5.10 Å². The predicted octanol–water partition coefficient (Wildman–Crippen LogP) is 3.26. The summed E-state index contributed by atoms with van der Waals surface area (Å²) in [5.74, 6) is 2.30. The molecule has 0 atom stereocenters. The third-order valence-electron chi connectivity index (χ3n) is 4.27. The first kappa shape index (κ1) is 20.1. The van der Waals surface area contributed by atoms with Crippen LogP contribution in [-0.4, -0.2) is 55.3 Å². The van der Waals surface area contributed by atoms with Gasteiger partial charge in [0.2, 0.25) is 0 Å². The van der Waals surface area contributed by atoms with Gasteiger partial charge in [-0.3, -0.25) is 0 Å². The number of nitrogens with zero attached hydrogens (tertiary/aromatic N) is 3. The number of methoxy groups -OCH3 is 1. The number of carbonyl (C=O) groups is 1. The first-order valence-electron chi connectivity index (χ1n) is 9.10. The normalized spacial score (nSPS) is 10.4. The van der Waals surface area contributed by atoms with Crippen molar-refractivity contribution in [3.05, 3.63) is 54.6 Å². The molecule has 0 aliphatic rings. The minimum atomic E-state index is -1.06. The summed E-state index contributed by atoms with van der Waals surface area (Å²) in [6, 6.07) is 17.4. The van der Waals surface area contributed by atoms with Crippen LogP contribution in [0.1, 0.15) is 0 Å². The van der Waals surface area contributed by atoms with Crippen LogP contribution in [0.4, 0.5) is 10.6 Å². The molecule has 0 bridgehead atoms. The van der Waals surface area contributed by atoms with Gasteiger partial charge in [0.15, 0.2) is 5.82 Å². The van der Waals surface area contributed by atoms with Crippen molar-refractivity contribution in [3.63, 3.8) is 0 Å². The van der Waals surface area contributed by atoms with Crippen molar-refractivity contribution in [1.82, 2.24) is 15.1 Å². The van der Waals surface area contributed by atoms with Crippen molar-refractivity contribution in [3.8, 4) is 28.4 Å². The second-order valence-electron chi connectivity index (χ2n) is 6.50. The number of hydrogen-bond donors (Lipinski definition) is 2. The molecule has 1 heterocycles. The topological polar surface area (TPSA) is 88.9 Å². The Morgan fingerprint density at radius 2 is 1.76 bits per heavy atom. The zero-order valence-electron chi connectivity index (χ0n) is 16.6. The average molecular weight is 396 g/mol. The molecule has 0 saturated carbocycles. The van der Waals surface area contributed by atoms with E-state index >= 15 is 0 Å². The van der Waals surface area contributed by atoms with Gasteiger partial charge in [0, 0.05) is 25.7 Å².